The molecule has 3 heteroatoms. The fourth-order valence-corrected chi connectivity index (χ4v) is 8.50. The first kappa shape index (κ1) is 27.9. The van der Waals surface area contributed by atoms with E-state index in [9.17, 15) is 0 Å². The van der Waals surface area contributed by atoms with Gasteiger partial charge in [-0.2, -0.15) is 0 Å². The number of furan rings is 1. The van der Waals surface area contributed by atoms with Gasteiger partial charge in [0.1, 0.15) is 11.2 Å². The molecule has 0 aliphatic rings. The topological polar surface area (TPSA) is 16.4 Å². The molecular formula is C46H29NOS. The molecule has 10 rings (SSSR count). The molecule has 0 spiro atoms. The predicted molar refractivity (Wildman–Crippen MR) is 210 cm³/mol. The van der Waals surface area contributed by atoms with Crippen molar-refractivity contribution in [2.24, 2.45) is 0 Å². The van der Waals surface area contributed by atoms with Crippen molar-refractivity contribution in [3.05, 3.63) is 176 Å². The molecule has 0 radical (unpaired) electrons. The number of nitrogens with zero attached hydrogens (tertiary/aromatic N) is 1. The van der Waals surface area contributed by atoms with Gasteiger partial charge in [-0.05, 0) is 76.0 Å². The highest BCUT2D eigenvalue weighted by Gasteiger charge is 2.21. The van der Waals surface area contributed by atoms with Crippen molar-refractivity contribution in [2.45, 2.75) is 0 Å². The van der Waals surface area contributed by atoms with Gasteiger partial charge in [-0.25, -0.2) is 0 Å². The second-order valence-corrected chi connectivity index (χ2v) is 13.6. The van der Waals surface area contributed by atoms with Crippen molar-refractivity contribution >= 4 is 81.3 Å². The predicted octanol–water partition coefficient (Wildman–Crippen LogP) is 13.9. The van der Waals surface area contributed by atoms with Crippen molar-refractivity contribution in [1.82, 2.24) is 0 Å². The zero-order valence-electron chi connectivity index (χ0n) is 26.5. The van der Waals surface area contributed by atoms with Crippen LogP contribution in [0.1, 0.15) is 0 Å². The molecule has 0 aliphatic carbocycles. The highest BCUT2D eigenvalue weighted by atomic mass is 32.1. The van der Waals surface area contributed by atoms with Crippen molar-refractivity contribution in [2.75, 3.05) is 4.90 Å². The molecule has 0 saturated carbocycles. The van der Waals surface area contributed by atoms with E-state index in [1.807, 2.05) is 23.5 Å². The molecule has 0 bridgehead atoms. The van der Waals surface area contributed by atoms with E-state index in [1.54, 1.807) is 0 Å². The quantitative estimate of drug-likeness (QED) is 0.186. The van der Waals surface area contributed by atoms with Gasteiger partial charge in [0.15, 0.2) is 0 Å². The zero-order valence-corrected chi connectivity index (χ0v) is 27.3. The summed E-state index contributed by atoms with van der Waals surface area (Å²) in [6, 6.07) is 63.4. The van der Waals surface area contributed by atoms with Gasteiger partial charge in [0.25, 0.3) is 0 Å². The minimum Gasteiger partial charge on any atom is -0.456 e. The molecule has 2 nitrogen and oxygen atoms in total. The van der Waals surface area contributed by atoms with Crippen LogP contribution in [0.5, 0.6) is 0 Å². The van der Waals surface area contributed by atoms with E-state index < -0.39 is 0 Å². The van der Waals surface area contributed by atoms with Crippen LogP contribution in [-0.4, -0.2) is 0 Å². The number of hydrogen-bond acceptors (Lipinski definition) is 3. The first-order valence-corrected chi connectivity index (χ1v) is 17.4. The highest BCUT2D eigenvalue weighted by molar-refractivity contribution is 7.25. The van der Waals surface area contributed by atoms with Crippen molar-refractivity contribution in [1.29, 1.82) is 0 Å². The molecule has 49 heavy (non-hydrogen) atoms. The molecule has 0 saturated heterocycles. The Kier molecular flexibility index (Phi) is 6.39. The molecule has 10 aromatic rings. The molecule has 230 valence electrons. The Balaban J connectivity index is 1.27. The number of hydrogen-bond donors (Lipinski definition) is 0. The first-order valence-electron chi connectivity index (χ1n) is 16.6. The van der Waals surface area contributed by atoms with Gasteiger partial charge in [0, 0.05) is 47.9 Å². The Bertz CT molecular complexity index is 2840. The van der Waals surface area contributed by atoms with Crippen molar-refractivity contribution in [3.8, 4) is 22.3 Å². The summed E-state index contributed by atoms with van der Waals surface area (Å²) in [6.07, 6.45) is 0. The number of rotatable bonds is 5. The van der Waals surface area contributed by atoms with Crippen LogP contribution < -0.4 is 4.90 Å². The molecule has 0 unspecified atom stereocenters. The summed E-state index contributed by atoms with van der Waals surface area (Å²) in [4.78, 5) is 2.43. The maximum absolute atomic E-state index is 6.28. The van der Waals surface area contributed by atoms with Crippen LogP contribution in [0.3, 0.4) is 0 Å². The number of para-hydroxylation sites is 1. The van der Waals surface area contributed by atoms with Crippen LogP contribution in [0.4, 0.5) is 17.1 Å². The number of fused-ring (bicyclic) bond motifs is 7. The minimum atomic E-state index is 0.887. The second kappa shape index (κ2) is 11.2. The first-order chi connectivity index (χ1) is 24.3. The van der Waals surface area contributed by atoms with Gasteiger partial charge in [-0.15, -0.1) is 11.3 Å². The second-order valence-electron chi connectivity index (χ2n) is 12.5. The smallest absolute Gasteiger partial charge is 0.135 e. The Morgan fingerprint density at radius 1 is 0.388 bits per heavy atom. The fraction of sp³-hybridized carbons (Fsp3) is 0. The van der Waals surface area contributed by atoms with Gasteiger partial charge in [-0.1, -0.05) is 127 Å². The van der Waals surface area contributed by atoms with Crippen LogP contribution in [0.25, 0.3) is 75.1 Å². The minimum absolute atomic E-state index is 0.887. The van der Waals surface area contributed by atoms with Crippen molar-refractivity contribution in [3.63, 3.8) is 0 Å². The lowest BCUT2D eigenvalue weighted by Gasteiger charge is -2.29. The van der Waals surface area contributed by atoms with Crippen LogP contribution in [0, 0.1) is 0 Å². The SMILES string of the molecule is c1ccc(-c2ccc(-c3cccc4ccccc34)cc2N(c2ccc3c(c2)sc2ccccc23)c2ccc3oc4ccccc4c3c2)cc1. The van der Waals surface area contributed by atoms with E-state index >= 15 is 0 Å². The Morgan fingerprint density at radius 2 is 1.08 bits per heavy atom. The molecule has 0 fully saturated rings. The van der Waals surface area contributed by atoms with Gasteiger partial charge >= 0.3 is 0 Å². The third-order valence-electron chi connectivity index (χ3n) is 9.66. The van der Waals surface area contributed by atoms with E-state index in [4.69, 9.17) is 4.42 Å². The van der Waals surface area contributed by atoms with E-state index in [-0.39, 0.29) is 0 Å². The number of anilines is 3. The van der Waals surface area contributed by atoms with Gasteiger partial charge in [0.05, 0.1) is 5.69 Å². The van der Waals surface area contributed by atoms with E-state index in [1.165, 1.54) is 47.6 Å². The normalized spacial score (nSPS) is 11.7. The van der Waals surface area contributed by atoms with Crippen LogP contribution in [0.15, 0.2) is 180 Å². The average molecular weight is 644 g/mol. The molecule has 0 N–H and O–H groups in total. The molecule has 2 aromatic heterocycles. The Hall–Kier alpha value is -6.16. The summed E-state index contributed by atoms with van der Waals surface area (Å²) >= 11 is 1.85. The molecule has 2 heterocycles. The molecule has 0 amide bonds. The van der Waals surface area contributed by atoms with E-state index in [0.29, 0.717) is 0 Å². The number of thiophene rings is 1. The molecule has 8 aromatic carbocycles. The molecule has 0 aliphatic heterocycles. The third kappa shape index (κ3) is 4.62. The van der Waals surface area contributed by atoms with Crippen LogP contribution in [-0.2, 0) is 0 Å². The largest absolute Gasteiger partial charge is 0.456 e. The lowest BCUT2D eigenvalue weighted by atomic mass is 9.94. The van der Waals surface area contributed by atoms with Crippen LogP contribution >= 0.6 is 11.3 Å². The fourth-order valence-electron chi connectivity index (χ4n) is 7.36. The molecular weight excluding hydrogens is 615 g/mol. The lowest BCUT2D eigenvalue weighted by molar-refractivity contribution is 0.669. The maximum atomic E-state index is 6.28. The van der Waals surface area contributed by atoms with Gasteiger partial charge in [-0.3, -0.25) is 0 Å². The summed E-state index contributed by atoms with van der Waals surface area (Å²) in [5.41, 5.74) is 9.82. The monoisotopic (exact) mass is 643 g/mol. The molecule has 0 atom stereocenters. The average Bonchev–Trinajstić information content (AvgIpc) is 3.73. The van der Waals surface area contributed by atoms with Crippen LogP contribution in [0.2, 0.25) is 0 Å². The third-order valence-corrected chi connectivity index (χ3v) is 10.8. The highest BCUT2D eigenvalue weighted by Crippen LogP contribution is 2.46. The van der Waals surface area contributed by atoms with Gasteiger partial charge < -0.3 is 9.32 Å². The van der Waals surface area contributed by atoms with Gasteiger partial charge in [0.2, 0.25) is 0 Å². The summed E-state index contributed by atoms with van der Waals surface area (Å²) in [7, 11) is 0. The summed E-state index contributed by atoms with van der Waals surface area (Å²) in [6.45, 7) is 0. The number of benzene rings is 8. The summed E-state index contributed by atoms with van der Waals surface area (Å²) in [5, 5.41) is 7.29. The van der Waals surface area contributed by atoms with E-state index in [0.717, 1.165) is 44.6 Å². The Labute approximate surface area is 287 Å². The van der Waals surface area contributed by atoms with E-state index in [2.05, 4.69) is 169 Å². The maximum Gasteiger partial charge on any atom is 0.135 e. The van der Waals surface area contributed by atoms with Crippen molar-refractivity contribution < 1.29 is 4.42 Å². The standard InChI is InChI=1S/C46H29NOS/c1-2-11-31(12-3-1)37-24-21-32(36-18-10-14-30-13-4-5-15-35(30)36)27-42(37)47(33-23-26-44-41(28-33)38-16-6-8-19-43(38)48-44)34-22-25-40-39-17-7-9-20-45(39)49-46(40)29-34/h1-29H. The zero-order chi connectivity index (χ0) is 32.3. The lowest BCUT2D eigenvalue weighted by Crippen LogP contribution is -2.11. The summed E-state index contributed by atoms with van der Waals surface area (Å²) < 4.78 is 8.85. The Morgan fingerprint density at radius 3 is 2.00 bits per heavy atom. The summed E-state index contributed by atoms with van der Waals surface area (Å²) in [5.74, 6) is 0.